The van der Waals surface area contributed by atoms with Crippen LogP contribution in [-0.4, -0.2) is 26.2 Å². The molecule has 1 aromatic rings. The zero-order valence-corrected chi connectivity index (χ0v) is 11.9. The highest BCUT2D eigenvalue weighted by Crippen LogP contribution is 2.41. The lowest BCUT2D eigenvalue weighted by atomic mass is 9.84. The van der Waals surface area contributed by atoms with Gasteiger partial charge in [-0.15, -0.1) is 0 Å². The number of anilines is 1. The van der Waals surface area contributed by atoms with Gasteiger partial charge < -0.3 is 9.64 Å². The first kappa shape index (κ1) is 12.4. The van der Waals surface area contributed by atoms with Gasteiger partial charge >= 0.3 is 5.97 Å². The van der Waals surface area contributed by atoms with Crippen molar-refractivity contribution in [3.8, 4) is 0 Å². The lowest BCUT2D eigenvalue weighted by Gasteiger charge is -2.22. The van der Waals surface area contributed by atoms with Gasteiger partial charge in [-0.25, -0.2) is 0 Å². The van der Waals surface area contributed by atoms with E-state index >= 15 is 0 Å². The average molecular weight is 298 g/mol. The molecule has 0 amide bonds. The van der Waals surface area contributed by atoms with Crippen LogP contribution in [0.5, 0.6) is 0 Å². The molecule has 1 unspecified atom stereocenters. The van der Waals surface area contributed by atoms with Gasteiger partial charge in [-0.05, 0) is 37.6 Å². The Morgan fingerprint density at radius 1 is 1.59 bits per heavy atom. The van der Waals surface area contributed by atoms with Crippen molar-refractivity contribution in [2.24, 2.45) is 0 Å². The number of hydrogen-bond donors (Lipinski definition) is 0. The maximum Gasteiger partial charge on any atom is 0.318 e. The summed E-state index contributed by atoms with van der Waals surface area (Å²) >= 11 is 3.45. The topological polar surface area (TPSA) is 29.5 Å². The van der Waals surface area contributed by atoms with E-state index < -0.39 is 5.41 Å². The molecule has 0 saturated carbocycles. The fourth-order valence-electron chi connectivity index (χ4n) is 2.39. The molecule has 0 aliphatic carbocycles. The monoisotopic (exact) mass is 297 g/mol. The molecule has 17 heavy (non-hydrogen) atoms. The quantitative estimate of drug-likeness (QED) is 0.786. The highest BCUT2D eigenvalue weighted by Gasteiger charge is 2.45. The third kappa shape index (κ3) is 1.95. The minimum Gasteiger partial charge on any atom is -0.465 e. The summed E-state index contributed by atoms with van der Waals surface area (Å²) < 4.78 is 6.18. The molecule has 1 atom stereocenters. The van der Waals surface area contributed by atoms with Crippen LogP contribution < -0.4 is 4.90 Å². The molecular weight excluding hydrogens is 282 g/mol. The number of likely N-dealkylation sites (N-methyl/N-ethyl adjacent to an activating group) is 1. The molecule has 1 aliphatic rings. The summed E-state index contributed by atoms with van der Waals surface area (Å²) in [4.78, 5) is 14.2. The maximum atomic E-state index is 12.1. The summed E-state index contributed by atoms with van der Waals surface area (Å²) in [5, 5.41) is 0. The van der Waals surface area contributed by atoms with Crippen LogP contribution in [0.2, 0.25) is 0 Å². The molecule has 0 radical (unpaired) electrons. The van der Waals surface area contributed by atoms with E-state index in [9.17, 15) is 4.79 Å². The first-order chi connectivity index (χ1) is 7.99. The van der Waals surface area contributed by atoms with Crippen LogP contribution in [0.25, 0.3) is 0 Å². The van der Waals surface area contributed by atoms with Crippen molar-refractivity contribution in [2.75, 3.05) is 25.1 Å². The molecule has 0 saturated heterocycles. The smallest absolute Gasteiger partial charge is 0.318 e. The Labute approximate surface area is 110 Å². The van der Waals surface area contributed by atoms with Crippen LogP contribution in [-0.2, 0) is 14.9 Å². The zero-order chi connectivity index (χ0) is 12.6. The van der Waals surface area contributed by atoms with Crippen LogP contribution in [0.1, 0.15) is 19.4 Å². The Morgan fingerprint density at radius 3 is 2.94 bits per heavy atom. The molecule has 4 heteroatoms. The number of halogens is 1. The number of ether oxygens (including phenoxy) is 1. The van der Waals surface area contributed by atoms with Gasteiger partial charge in [-0.2, -0.15) is 0 Å². The molecule has 0 N–H and O–H groups in total. The summed E-state index contributed by atoms with van der Waals surface area (Å²) in [6.07, 6.45) is 0. The largest absolute Gasteiger partial charge is 0.465 e. The third-order valence-electron chi connectivity index (χ3n) is 3.24. The summed E-state index contributed by atoms with van der Waals surface area (Å²) in [7, 11) is 2.00. The molecule has 0 aromatic heterocycles. The average Bonchev–Trinajstić information content (AvgIpc) is 2.52. The first-order valence-electron chi connectivity index (χ1n) is 5.67. The summed E-state index contributed by atoms with van der Waals surface area (Å²) in [6.45, 7) is 4.86. The van der Waals surface area contributed by atoms with Gasteiger partial charge in [-0.1, -0.05) is 15.9 Å². The maximum absolute atomic E-state index is 12.1. The van der Waals surface area contributed by atoms with E-state index in [1.807, 2.05) is 39.1 Å². The number of esters is 1. The normalized spacial score (nSPS) is 22.5. The van der Waals surface area contributed by atoms with E-state index in [1.165, 1.54) is 0 Å². The lowest BCUT2D eigenvalue weighted by molar-refractivity contribution is -0.148. The lowest BCUT2D eigenvalue weighted by Crippen LogP contribution is -2.38. The molecule has 92 valence electrons. The molecule has 1 heterocycles. The van der Waals surface area contributed by atoms with Gasteiger partial charge in [0.1, 0.15) is 5.41 Å². The van der Waals surface area contributed by atoms with Crippen LogP contribution in [0, 0.1) is 0 Å². The predicted molar refractivity (Wildman–Crippen MR) is 71.4 cm³/mol. The SMILES string of the molecule is CCOC(=O)C1(C)CN(C)c2ccc(Br)cc21. The zero-order valence-electron chi connectivity index (χ0n) is 10.3. The summed E-state index contributed by atoms with van der Waals surface area (Å²) in [6, 6.07) is 6.03. The standard InChI is InChI=1S/C13H16BrNO2/c1-4-17-12(16)13(2)8-15(3)11-6-5-9(14)7-10(11)13/h5-7H,4,8H2,1-3H3. The van der Waals surface area contributed by atoms with Crippen molar-refractivity contribution < 1.29 is 9.53 Å². The van der Waals surface area contributed by atoms with Crippen molar-refractivity contribution in [2.45, 2.75) is 19.3 Å². The minimum atomic E-state index is -0.566. The van der Waals surface area contributed by atoms with Gasteiger partial charge in [-0.3, -0.25) is 4.79 Å². The molecule has 1 aromatic carbocycles. The Morgan fingerprint density at radius 2 is 2.29 bits per heavy atom. The summed E-state index contributed by atoms with van der Waals surface area (Å²) in [5.41, 5.74) is 1.57. The molecule has 3 nitrogen and oxygen atoms in total. The number of rotatable bonds is 2. The van der Waals surface area contributed by atoms with Crippen LogP contribution in [0.15, 0.2) is 22.7 Å². The second kappa shape index (κ2) is 4.33. The van der Waals surface area contributed by atoms with Gasteiger partial charge in [0.2, 0.25) is 0 Å². The van der Waals surface area contributed by atoms with E-state index in [-0.39, 0.29) is 5.97 Å². The van der Waals surface area contributed by atoms with Crippen molar-refractivity contribution in [3.05, 3.63) is 28.2 Å². The third-order valence-corrected chi connectivity index (χ3v) is 3.74. The predicted octanol–water partition coefficient (Wildman–Crippen LogP) is 2.72. The van der Waals surface area contributed by atoms with Gasteiger partial charge in [0, 0.05) is 23.8 Å². The Balaban J connectivity index is 2.47. The van der Waals surface area contributed by atoms with E-state index in [0.717, 1.165) is 15.7 Å². The van der Waals surface area contributed by atoms with Gasteiger partial charge in [0.25, 0.3) is 0 Å². The number of fused-ring (bicyclic) bond motifs is 1. The second-order valence-corrected chi connectivity index (χ2v) is 5.49. The highest BCUT2D eigenvalue weighted by atomic mass is 79.9. The van der Waals surface area contributed by atoms with Crippen LogP contribution in [0.3, 0.4) is 0 Å². The van der Waals surface area contributed by atoms with Crippen molar-refractivity contribution in [3.63, 3.8) is 0 Å². The summed E-state index contributed by atoms with van der Waals surface area (Å²) in [5.74, 6) is -0.149. The van der Waals surface area contributed by atoms with E-state index in [4.69, 9.17) is 4.74 Å². The number of carbonyl (C=O) groups excluding carboxylic acids is 1. The number of nitrogens with zero attached hydrogens (tertiary/aromatic N) is 1. The van der Waals surface area contributed by atoms with Gasteiger partial charge in [0.05, 0.1) is 6.61 Å². The van der Waals surface area contributed by atoms with Crippen LogP contribution in [0.4, 0.5) is 5.69 Å². The van der Waals surface area contributed by atoms with E-state index in [1.54, 1.807) is 0 Å². The molecule has 2 rings (SSSR count). The Bertz CT molecular complexity index is 461. The van der Waals surface area contributed by atoms with Crippen molar-refractivity contribution in [1.29, 1.82) is 0 Å². The number of benzene rings is 1. The highest BCUT2D eigenvalue weighted by molar-refractivity contribution is 9.10. The molecular formula is C13H16BrNO2. The molecule has 0 spiro atoms. The first-order valence-corrected chi connectivity index (χ1v) is 6.46. The Kier molecular flexibility index (Phi) is 3.17. The fraction of sp³-hybridized carbons (Fsp3) is 0.462. The van der Waals surface area contributed by atoms with Crippen molar-refractivity contribution >= 4 is 27.6 Å². The Hall–Kier alpha value is -1.03. The van der Waals surface area contributed by atoms with Crippen LogP contribution >= 0.6 is 15.9 Å². The number of carbonyl (C=O) groups is 1. The number of hydrogen-bond acceptors (Lipinski definition) is 3. The van der Waals surface area contributed by atoms with E-state index in [2.05, 4.69) is 20.8 Å². The molecule has 0 bridgehead atoms. The van der Waals surface area contributed by atoms with Gasteiger partial charge in [0.15, 0.2) is 0 Å². The molecule has 0 fully saturated rings. The molecule has 1 aliphatic heterocycles. The fourth-order valence-corrected chi connectivity index (χ4v) is 2.75. The minimum absolute atomic E-state index is 0.149. The van der Waals surface area contributed by atoms with E-state index in [0.29, 0.717) is 13.2 Å². The second-order valence-electron chi connectivity index (χ2n) is 4.57. The van der Waals surface area contributed by atoms with Crippen molar-refractivity contribution in [1.82, 2.24) is 0 Å².